The molecule has 9 aromatic rings. The molecule has 210 valence electrons. The minimum atomic E-state index is 0.949. The second-order valence-corrected chi connectivity index (χ2v) is 11.5. The summed E-state index contributed by atoms with van der Waals surface area (Å²) >= 11 is 0. The van der Waals surface area contributed by atoms with Crippen LogP contribution in [-0.4, -0.2) is 14.5 Å². The minimum Gasteiger partial charge on any atom is -0.309 e. The van der Waals surface area contributed by atoms with E-state index in [1.165, 1.54) is 32.6 Å². The van der Waals surface area contributed by atoms with Gasteiger partial charge in [0.1, 0.15) is 0 Å². The van der Waals surface area contributed by atoms with E-state index in [-0.39, 0.29) is 0 Å². The van der Waals surface area contributed by atoms with Crippen molar-refractivity contribution in [2.45, 2.75) is 0 Å². The molecule has 0 radical (unpaired) electrons. The molecule has 0 bridgehead atoms. The first-order valence-corrected chi connectivity index (χ1v) is 15.3. The number of rotatable bonds is 4. The van der Waals surface area contributed by atoms with Gasteiger partial charge in [-0.05, 0) is 47.3 Å². The average molecular weight is 574 g/mol. The van der Waals surface area contributed by atoms with Crippen LogP contribution in [0.2, 0.25) is 0 Å². The van der Waals surface area contributed by atoms with Crippen LogP contribution in [0.15, 0.2) is 164 Å². The van der Waals surface area contributed by atoms with Gasteiger partial charge < -0.3 is 4.57 Å². The van der Waals surface area contributed by atoms with Gasteiger partial charge in [0.05, 0.1) is 27.9 Å². The molecule has 0 aliphatic carbocycles. The van der Waals surface area contributed by atoms with Crippen LogP contribution < -0.4 is 0 Å². The van der Waals surface area contributed by atoms with Crippen molar-refractivity contribution >= 4 is 43.5 Å². The maximum Gasteiger partial charge on any atom is 0.0788 e. The quantitative estimate of drug-likeness (QED) is 0.196. The molecule has 6 aromatic carbocycles. The SMILES string of the molecule is c1ccc(-c2ccc(-c3cccc(-n4c5ccccc5c5ccc(-c6nc7ccccc7c7ccccc67)cc54)c3)nc2)cc1. The zero-order chi connectivity index (χ0) is 29.7. The lowest BCUT2D eigenvalue weighted by Gasteiger charge is -2.12. The molecule has 3 heteroatoms. The molecular formula is C42H27N3. The molecule has 0 saturated heterocycles. The van der Waals surface area contributed by atoms with E-state index in [4.69, 9.17) is 9.97 Å². The molecule has 0 unspecified atom stereocenters. The van der Waals surface area contributed by atoms with Crippen molar-refractivity contribution in [1.82, 2.24) is 14.5 Å². The molecule has 0 N–H and O–H groups in total. The van der Waals surface area contributed by atoms with E-state index in [2.05, 4.69) is 156 Å². The van der Waals surface area contributed by atoms with Crippen molar-refractivity contribution < 1.29 is 0 Å². The number of pyridine rings is 2. The van der Waals surface area contributed by atoms with Crippen LogP contribution in [0.4, 0.5) is 0 Å². The highest BCUT2D eigenvalue weighted by atomic mass is 15.0. The van der Waals surface area contributed by atoms with Crippen LogP contribution in [-0.2, 0) is 0 Å². The topological polar surface area (TPSA) is 30.7 Å². The van der Waals surface area contributed by atoms with Gasteiger partial charge in [0.25, 0.3) is 0 Å². The molecule has 0 amide bonds. The minimum absolute atomic E-state index is 0.949. The van der Waals surface area contributed by atoms with Crippen LogP contribution in [0.3, 0.4) is 0 Å². The summed E-state index contributed by atoms with van der Waals surface area (Å²) in [5, 5.41) is 6.00. The van der Waals surface area contributed by atoms with E-state index in [1.807, 2.05) is 12.3 Å². The summed E-state index contributed by atoms with van der Waals surface area (Å²) in [4.78, 5) is 10.1. The van der Waals surface area contributed by atoms with Crippen molar-refractivity contribution in [2.75, 3.05) is 0 Å². The second kappa shape index (κ2) is 10.3. The number of hydrogen-bond donors (Lipinski definition) is 0. The predicted octanol–water partition coefficient (Wildman–Crippen LogP) is 10.9. The Morgan fingerprint density at radius 1 is 0.400 bits per heavy atom. The van der Waals surface area contributed by atoms with Gasteiger partial charge in [0.15, 0.2) is 0 Å². The highest BCUT2D eigenvalue weighted by molar-refractivity contribution is 6.13. The third-order valence-corrected chi connectivity index (χ3v) is 8.83. The van der Waals surface area contributed by atoms with Crippen LogP contribution in [0.25, 0.3) is 82.8 Å². The third kappa shape index (κ3) is 4.21. The first-order valence-electron chi connectivity index (χ1n) is 15.3. The molecule has 0 fully saturated rings. The van der Waals surface area contributed by atoms with E-state index in [9.17, 15) is 0 Å². The van der Waals surface area contributed by atoms with E-state index in [0.29, 0.717) is 0 Å². The highest BCUT2D eigenvalue weighted by Gasteiger charge is 2.16. The third-order valence-electron chi connectivity index (χ3n) is 8.83. The fourth-order valence-corrected chi connectivity index (χ4v) is 6.69. The Morgan fingerprint density at radius 2 is 1.09 bits per heavy atom. The Kier molecular flexibility index (Phi) is 5.82. The maximum absolute atomic E-state index is 5.20. The number of hydrogen-bond acceptors (Lipinski definition) is 2. The van der Waals surface area contributed by atoms with Gasteiger partial charge >= 0.3 is 0 Å². The van der Waals surface area contributed by atoms with E-state index >= 15 is 0 Å². The Morgan fingerprint density at radius 3 is 1.93 bits per heavy atom. The number of nitrogens with zero attached hydrogens (tertiary/aromatic N) is 3. The molecule has 45 heavy (non-hydrogen) atoms. The number of aromatic nitrogens is 3. The van der Waals surface area contributed by atoms with Gasteiger partial charge in [-0.2, -0.15) is 0 Å². The van der Waals surface area contributed by atoms with Crippen molar-refractivity contribution in [3.63, 3.8) is 0 Å². The predicted molar refractivity (Wildman–Crippen MR) is 188 cm³/mol. The lowest BCUT2D eigenvalue weighted by atomic mass is 9.99. The Hall–Kier alpha value is -6.06. The van der Waals surface area contributed by atoms with Crippen LogP contribution >= 0.6 is 0 Å². The van der Waals surface area contributed by atoms with Crippen molar-refractivity contribution in [3.05, 3.63) is 164 Å². The van der Waals surface area contributed by atoms with E-state index < -0.39 is 0 Å². The van der Waals surface area contributed by atoms with Gasteiger partial charge in [-0.25, -0.2) is 4.98 Å². The molecule has 0 spiro atoms. The fourth-order valence-electron chi connectivity index (χ4n) is 6.69. The summed E-state index contributed by atoms with van der Waals surface area (Å²) in [7, 11) is 0. The number of benzene rings is 6. The maximum atomic E-state index is 5.20. The van der Waals surface area contributed by atoms with Crippen molar-refractivity contribution in [3.8, 4) is 39.3 Å². The van der Waals surface area contributed by atoms with Gasteiger partial charge in [0.2, 0.25) is 0 Å². The van der Waals surface area contributed by atoms with Gasteiger partial charge in [0, 0.05) is 50.1 Å². The Bertz CT molecular complexity index is 2530. The lowest BCUT2D eigenvalue weighted by Crippen LogP contribution is -1.95. The van der Waals surface area contributed by atoms with Crippen molar-refractivity contribution in [2.24, 2.45) is 0 Å². The van der Waals surface area contributed by atoms with E-state index in [0.717, 1.165) is 50.2 Å². The van der Waals surface area contributed by atoms with Crippen LogP contribution in [0, 0.1) is 0 Å². The normalized spacial score (nSPS) is 11.6. The van der Waals surface area contributed by atoms with E-state index in [1.54, 1.807) is 0 Å². The summed E-state index contributed by atoms with van der Waals surface area (Å²) < 4.78 is 2.37. The molecule has 3 nitrogen and oxygen atoms in total. The number of para-hydroxylation sites is 2. The number of fused-ring (bicyclic) bond motifs is 6. The molecule has 0 aliphatic heterocycles. The summed E-state index contributed by atoms with van der Waals surface area (Å²) in [6.07, 6.45) is 1.96. The molecule has 9 rings (SSSR count). The van der Waals surface area contributed by atoms with Crippen molar-refractivity contribution in [1.29, 1.82) is 0 Å². The Labute approximate surface area is 260 Å². The standard InChI is InChI=1S/C42H27N3/c1-2-11-28(12-3-1)31-22-24-38(43-27-31)29-13-10-14-32(25-29)45-40-20-9-7-17-35(40)36-23-21-30(26-41(36)45)42-37-18-5-4-15-33(37)34-16-6-8-19-39(34)44-42/h1-27H. The van der Waals surface area contributed by atoms with Gasteiger partial charge in [-0.1, -0.05) is 121 Å². The van der Waals surface area contributed by atoms with Gasteiger partial charge in [-0.3, -0.25) is 4.98 Å². The smallest absolute Gasteiger partial charge is 0.0788 e. The molecule has 3 aromatic heterocycles. The zero-order valence-corrected chi connectivity index (χ0v) is 24.4. The van der Waals surface area contributed by atoms with Crippen LogP contribution in [0.1, 0.15) is 0 Å². The zero-order valence-electron chi connectivity index (χ0n) is 24.4. The second-order valence-electron chi connectivity index (χ2n) is 11.5. The summed E-state index contributed by atoms with van der Waals surface area (Å²) in [6.45, 7) is 0. The molecule has 3 heterocycles. The van der Waals surface area contributed by atoms with Crippen LogP contribution in [0.5, 0.6) is 0 Å². The summed E-state index contributed by atoms with van der Waals surface area (Å²) in [5.41, 5.74) is 10.8. The first kappa shape index (κ1) is 25.4. The highest BCUT2D eigenvalue weighted by Crippen LogP contribution is 2.38. The lowest BCUT2D eigenvalue weighted by molar-refractivity contribution is 1.18. The Balaban J connectivity index is 1.22. The molecule has 0 aliphatic rings. The molecule has 0 atom stereocenters. The molecule has 0 saturated carbocycles. The summed E-state index contributed by atoms with van der Waals surface area (Å²) in [6, 6.07) is 55.8. The first-order chi connectivity index (χ1) is 22.3. The summed E-state index contributed by atoms with van der Waals surface area (Å²) in [5.74, 6) is 0. The fraction of sp³-hybridized carbons (Fsp3) is 0. The average Bonchev–Trinajstić information content (AvgIpc) is 3.45. The monoisotopic (exact) mass is 573 g/mol. The molecular weight excluding hydrogens is 546 g/mol. The van der Waals surface area contributed by atoms with Gasteiger partial charge in [-0.15, -0.1) is 0 Å². The largest absolute Gasteiger partial charge is 0.309 e.